The maximum atomic E-state index is 11.5. The number of halogens is 1. The molecule has 0 saturated carbocycles. The topological polar surface area (TPSA) is 52.6 Å². The average Bonchev–Trinajstić information content (AvgIpc) is 2.38. The normalized spacial score (nSPS) is 10.0. The van der Waals surface area contributed by atoms with E-state index in [1.165, 1.54) is 0 Å². The van der Waals surface area contributed by atoms with E-state index >= 15 is 0 Å². The lowest BCUT2D eigenvalue weighted by Gasteiger charge is -2.06. The van der Waals surface area contributed by atoms with Crippen molar-refractivity contribution in [1.82, 2.24) is 0 Å². The summed E-state index contributed by atoms with van der Waals surface area (Å²) in [4.78, 5) is 22.5. The fourth-order valence-corrected chi connectivity index (χ4v) is 1.86. The van der Waals surface area contributed by atoms with Crippen molar-refractivity contribution in [2.24, 2.45) is 0 Å². The fourth-order valence-electron chi connectivity index (χ4n) is 1.46. The van der Waals surface area contributed by atoms with E-state index in [-0.39, 0.29) is 31.4 Å². The lowest BCUT2D eigenvalue weighted by atomic mass is 10.2. The van der Waals surface area contributed by atoms with Gasteiger partial charge >= 0.3 is 11.9 Å². The first-order valence-electron chi connectivity index (χ1n) is 6.18. The number of hydrogen-bond donors (Lipinski definition) is 0. The molecule has 0 atom stereocenters. The van der Waals surface area contributed by atoms with Crippen LogP contribution in [0.2, 0.25) is 0 Å². The van der Waals surface area contributed by atoms with E-state index in [4.69, 9.17) is 9.47 Å². The Labute approximate surface area is 121 Å². The molecule has 0 fully saturated rings. The van der Waals surface area contributed by atoms with Gasteiger partial charge in [-0.1, -0.05) is 34.1 Å². The Bertz CT molecular complexity index is 431. The van der Waals surface area contributed by atoms with Crippen molar-refractivity contribution in [3.63, 3.8) is 0 Å². The molecular weight excluding hydrogens is 312 g/mol. The Morgan fingerprint density at radius 1 is 1.11 bits per heavy atom. The van der Waals surface area contributed by atoms with E-state index < -0.39 is 0 Å². The van der Waals surface area contributed by atoms with Gasteiger partial charge < -0.3 is 9.47 Å². The molecule has 1 aromatic rings. The minimum Gasteiger partial charge on any atom is -0.466 e. The molecule has 19 heavy (non-hydrogen) atoms. The van der Waals surface area contributed by atoms with Crippen LogP contribution in [0.25, 0.3) is 0 Å². The summed E-state index contributed by atoms with van der Waals surface area (Å²) in [5.74, 6) is -0.582. The molecule has 1 aromatic carbocycles. The third-order valence-corrected chi connectivity index (χ3v) is 3.19. The second-order valence-corrected chi connectivity index (χ2v) is 4.77. The summed E-state index contributed by atoms with van der Waals surface area (Å²) >= 11 is 3.38. The zero-order valence-electron chi connectivity index (χ0n) is 10.9. The van der Waals surface area contributed by atoms with Gasteiger partial charge in [-0.05, 0) is 19.4 Å². The number of hydrogen-bond acceptors (Lipinski definition) is 4. The van der Waals surface area contributed by atoms with Gasteiger partial charge in [-0.2, -0.15) is 0 Å². The van der Waals surface area contributed by atoms with Gasteiger partial charge in [-0.3, -0.25) is 9.59 Å². The van der Waals surface area contributed by atoms with Gasteiger partial charge in [-0.15, -0.1) is 0 Å². The number of benzene rings is 1. The van der Waals surface area contributed by atoms with Crippen molar-refractivity contribution < 1.29 is 19.1 Å². The Morgan fingerprint density at radius 3 is 2.37 bits per heavy atom. The molecule has 0 aliphatic rings. The lowest BCUT2D eigenvalue weighted by molar-refractivity contribution is -0.146. The first-order chi connectivity index (χ1) is 9.13. The van der Waals surface area contributed by atoms with Gasteiger partial charge in [0.1, 0.15) is 6.61 Å². The van der Waals surface area contributed by atoms with Gasteiger partial charge in [0, 0.05) is 22.9 Å². The van der Waals surface area contributed by atoms with Gasteiger partial charge in [-0.25, -0.2) is 0 Å². The highest BCUT2D eigenvalue weighted by Gasteiger charge is 2.07. The van der Waals surface area contributed by atoms with Crippen molar-refractivity contribution in [3.8, 4) is 0 Å². The number of carbonyl (C=O) groups is 2. The van der Waals surface area contributed by atoms with Gasteiger partial charge in [0.2, 0.25) is 0 Å². The molecule has 0 saturated heterocycles. The molecule has 0 amide bonds. The Balaban J connectivity index is 2.22. The Kier molecular flexibility index (Phi) is 7.18. The summed E-state index contributed by atoms with van der Waals surface area (Å²) < 4.78 is 10.8. The highest BCUT2D eigenvalue weighted by atomic mass is 79.9. The average molecular weight is 329 g/mol. The third kappa shape index (κ3) is 6.38. The van der Waals surface area contributed by atoms with Crippen molar-refractivity contribution >= 4 is 27.9 Å². The largest absolute Gasteiger partial charge is 0.466 e. The molecular formula is C14H17BrO4. The van der Waals surface area contributed by atoms with Crippen LogP contribution in [0.5, 0.6) is 0 Å². The predicted octanol–water partition coefficient (Wildman–Crippen LogP) is 3.23. The van der Waals surface area contributed by atoms with E-state index in [1.807, 2.05) is 24.3 Å². The minimum absolute atomic E-state index is 0.225. The van der Waals surface area contributed by atoms with E-state index in [2.05, 4.69) is 15.9 Å². The molecule has 0 aromatic heterocycles. The van der Waals surface area contributed by atoms with E-state index in [0.29, 0.717) is 13.0 Å². The maximum Gasteiger partial charge on any atom is 0.306 e. The number of rotatable bonds is 7. The highest BCUT2D eigenvalue weighted by Crippen LogP contribution is 2.16. The van der Waals surface area contributed by atoms with Crippen molar-refractivity contribution in [3.05, 3.63) is 34.3 Å². The monoisotopic (exact) mass is 328 g/mol. The van der Waals surface area contributed by atoms with Crippen LogP contribution in [0.4, 0.5) is 0 Å². The molecule has 0 N–H and O–H groups in total. The SMILES string of the molecule is CCOC(=O)CCCC(=O)OCc1ccccc1Br. The molecule has 0 aliphatic carbocycles. The summed E-state index contributed by atoms with van der Waals surface area (Å²) in [5, 5.41) is 0. The Morgan fingerprint density at radius 2 is 1.74 bits per heavy atom. The van der Waals surface area contributed by atoms with Crippen LogP contribution >= 0.6 is 15.9 Å². The Hall–Kier alpha value is -1.36. The third-order valence-electron chi connectivity index (χ3n) is 2.41. The zero-order valence-corrected chi connectivity index (χ0v) is 12.4. The van der Waals surface area contributed by atoms with Crippen molar-refractivity contribution in [1.29, 1.82) is 0 Å². The summed E-state index contributed by atoms with van der Waals surface area (Å²) in [6.45, 7) is 2.36. The molecule has 0 radical (unpaired) electrons. The van der Waals surface area contributed by atoms with Gasteiger partial charge in [0.15, 0.2) is 0 Å². The van der Waals surface area contributed by atoms with Gasteiger partial charge in [0.25, 0.3) is 0 Å². The molecule has 5 heteroatoms. The van der Waals surface area contributed by atoms with Crippen LogP contribution in [-0.4, -0.2) is 18.5 Å². The van der Waals surface area contributed by atoms with E-state index in [0.717, 1.165) is 10.0 Å². The van der Waals surface area contributed by atoms with Crippen LogP contribution < -0.4 is 0 Å². The van der Waals surface area contributed by atoms with Crippen molar-refractivity contribution in [2.45, 2.75) is 32.8 Å². The molecule has 0 aliphatic heterocycles. The van der Waals surface area contributed by atoms with Gasteiger partial charge in [0.05, 0.1) is 6.61 Å². The first-order valence-corrected chi connectivity index (χ1v) is 6.97. The van der Waals surface area contributed by atoms with Crippen molar-refractivity contribution in [2.75, 3.05) is 6.61 Å². The standard InChI is InChI=1S/C14H17BrO4/c1-2-18-13(16)8-5-9-14(17)19-10-11-6-3-4-7-12(11)15/h3-4,6-7H,2,5,8-10H2,1H3. The molecule has 0 bridgehead atoms. The molecule has 1 rings (SSSR count). The lowest BCUT2D eigenvalue weighted by Crippen LogP contribution is -2.08. The predicted molar refractivity (Wildman–Crippen MR) is 74.4 cm³/mol. The maximum absolute atomic E-state index is 11.5. The summed E-state index contributed by atoms with van der Waals surface area (Å²) in [7, 11) is 0. The minimum atomic E-state index is -0.306. The van der Waals surface area contributed by atoms with E-state index in [9.17, 15) is 9.59 Å². The summed E-state index contributed by atoms with van der Waals surface area (Å²) in [6, 6.07) is 7.56. The molecule has 104 valence electrons. The van der Waals surface area contributed by atoms with Crippen LogP contribution in [0.1, 0.15) is 31.7 Å². The van der Waals surface area contributed by atoms with E-state index in [1.54, 1.807) is 6.92 Å². The number of ether oxygens (including phenoxy) is 2. The van der Waals surface area contributed by atoms with Crippen LogP contribution in [-0.2, 0) is 25.7 Å². The van der Waals surface area contributed by atoms with Crippen LogP contribution in [0.15, 0.2) is 28.7 Å². The molecule has 0 unspecified atom stereocenters. The molecule has 4 nitrogen and oxygen atoms in total. The smallest absolute Gasteiger partial charge is 0.306 e. The first kappa shape index (κ1) is 15.7. The van der Waals surface area contributed by atoms with Crippen LogP contribution in [0, 0.1) is 0 Å². The second-order valence-electron chi connectivity index (χ2n) is 3.91. The van der Waals surface area contributed by atoms with Crippen LogP contribution in [0.3, 0.4) is 0 Å². The number of esters is 2. The fraction of sp³-hybridized carbons (Fsp3) is 0.429. The molecule has 0 spiro atoms. The molecule has 0 heterocycles. The second kappa shape index (κ2) is 8.69. The summed E-state index contributed by atoms with van der Waals surface area (Å²) in [5.41, 5.74) is 0.918. The quantitative estimate of drug-likeness (QED) is 0.721. The zero-order chi connectivity index (χ0) is 14.1. The highest BCUT2D eigenvalue weighted by molar-refractivity contribution is 9.10. The summed E-state index contributed by atoms with van der Waals surface area (Å²) in [6.07, 6.45) is 0.925. The number of carbonyl (C=O) groups excluding carboxylic acids is 2.